The van der Waals surface area contributed by atoms with Crippen LogP contribution in [0.1, 0.15) is 0 Å². The summed E-state index contributed by atoms with van der Waals surface area (Å²) in [6.07, 6.45) is 0. The smallest absolute Gasteiger partial charge is 0.148 e. The minimum Gasteiger partial charge on any atom is -0.396 e. The van der Waals surface area contributed by atoms with Gasteiger partial charge >= 0.3 is 0 Å². The van der Waals surface area contributed by atoms with Crippen LogP contribution in [0.4, 0.5) is 10.1 Å². The molecule has 1 heterocycles. The molecule has 4 heteroatoms. The topological polar surface area (TPSA) is 26.0 Å². The molecule has 0 fully saturated rings. The van der Waals surface area contributed by atoms with Gasteiger partial charge in [-0.2, -0.15) is 0 Å². The lowest BCUT2D eigenvalue weighted by Gasteiger charge is -1.99. The molecule has 2 rings (SSSR count). The molecular formula is C8H5ClFNS. The Bertz CT molecular complexity index is 438. The van der Waals surface area contributed by atoms with Gasteiger partial charge in [0, 0.05) is 5.39 Å². The molecule has 0 unspecified atom stereocenters. The van der Waals surface area contributed by atoms with E-state index in [4.69, 9.17) is 17.3 Å². The van der Waals surface area contributed by atoms with Crippen LogP contribution in [0.25, 0.3) is 10.1 Å². The van der Waals surface area contributed by atoms with Crippen molar-refractivity contribution in [3.63, 3.8) is 0 Å². The van der Waals surface area contributed by atoms with Crippen LogP contribution >= 0.6 is 22.9 Å². The number of halogens is 2. The molecule has 62 valence electrons. The van der Waals surface area contributed by atoms with E-state index in [0.29, 0.717) is 10.4 Å². The van der Waals surface area contributed by atoms with Crippen molar-refractivity contribution >= 4 is 38.7 Å². The van der Waals surface area contributed by atoms with Gasteiger partial charge in [-0.1, -0.05) is 11.6 Å². The number of benzene rings is 1. The minimum atomic E-state index is -0.453. The van der Waals surface area contributed by atoms with Crippen molar-refractivity contribution in [2.24, 2.45) is 0 Å². The van der Waals surface area contributed by atoms with Gasteiger partial charge in [0.1, 0.15) is 5.82 Å². The summed E-state index contributed by atoms with van der Waals surface area (Å²) >= 11 is 7.25. The normalized spacial score (nSPS) is 10.8. The Morgan fingerprint density at radius 3 is 3.00 bits per heavy atom. The van der Waals surface area contributed by atoms with E-state index in [9.17, 15) is 4.39 Å². The van der Waals surface area contributed by atoms with E-state index in [0.717, 1.165) is 4.70 Å². The molecule has 2 aromatic rings. The first-order valence-electron chi connectivity index (χ1n) is 3.31. The predicted molar refractivity (Wildman–Crippen MR) is 51.2 cm³/mol. The third-order valence-electron chi connectivity index (χ3n) is 1.68. The zero-order valence-corrected chi connectivity index (χ0v) is 7.55. The Morgan fingerprint density at radius 2 is 2.25 bits per heavy atom. The highest BCUT2D eigenvalue weighted by atomic mass is 35.5. The number of fused-ring (bicyclic) bond motifs is 1. The molecule has 0 bridgehead atoms. The van der Waals surface area contributed by atoms with Gasteiger partial charge in [0.05, 0.1) is 15.4 Å². The third kappa shape index (κ3) is 0.974. The first-order valence-corrected chi connectivity index (χ1v) is 4.56. The van der Waals surface area contributed by atoms with E-state index in [2.05, 4.69) is 0 Å². The zero-order valence-electron chi connectivity index (χ0n) is 5.97. The fourth-order valence-corrected chi connectivity index (χ4v) is 2.24. The van der Waals surface area contributed by atoms with Gasteiger partial charge in [-0.05, 0) is 17.5 Å². The fraction of sp³-hybridized carbons (Fsp3) is 0. The largest absolute Gasteiger partial charge is 0.396 e. The maximum Gasteiger partial charge on any atom is 0.148 e. The highest BCUT2D eigenvalue weighted by Gasteiger charge is 2.08. The summed E-state index contributed by atoms with van der Waals surface area (Å²) in [5, 5.41) is 2.96. The molecule has 0 amide bonds. The van der Waals surface area contributed by atoms with Crippen LogP contribution in [0, 0.1) is 5.82 Å². The molecule has 0 radical (unpaired) electrons. The molecule has 1 aromatic heterocycles. The Kier molecular flexibility index (Phi) is 1.70. The van der Waals surface area contributed by atoms with Crippen LogP contribution in [0.3, 0.4) is 0 Å². The molecule has 0 atom stereocenters. The van der Waals surface area contributed by atoms with E-state index in [-0.39, 0.29) is 5.69 Å². The van der Waals surface area contributed by atoms with Crippen LogP contribution in [0.5, 0.6) is 0 Å². The van der Waals surface area contributed by atoms with Gasteiger partial charge in [-0.3, -0.25) is 0 Å². The first-order chi connectivity index (χ1) is 5.70. The molecule has 1 aromatic carbocycles. The van der Waals surface area contributed by atoms with Gasteiger partial charge in [0.15, 0.2) is 0 Å². The molecule has 0 spiro atoms. The second kappa shape index (κ2) is 2.61. The molecule has 2 N–H and O–H groups in total. The SMILES string of the molecule is Nc1c(F)cc(Cl)c2sccc12. The summed E-state index contributed by atoms with van der Waals surface area (Å²) < 4.78 is 13.8. The van der Waals surface area contributed by atoms with E-state index in [1.165, 1.54) is 17.4 Å². The third-order valence-corrected chi connectivity index (χ3v) is 3.04. The van der Waals surface area contributed by atoms with Gasteiger partial charge in [0.2, 0.25) is 0 Å². The van der Waals surface area contributed by atoms with Crippen LogP contribution in [0.15, 0.2) is 17.5 Å². The second-order valence-corrected chi connectivity index (χ2v) is 3.74. The summed E-state index contributed by atoms with van der Waals surface area (Å²) in [4.78, 5) is 0. The van der Waals surface area contributed by atoms with Crippen molar-refractivity contribution in [3.05, 3.63) is 28.4 Å². The maximum atomic E-state index is 13.0. The number of rotatable bonds is 0. The van der Waals surface area contributed by atoms with Crippen molar-refractivity contribution in [1.29, 1.82) is 0 Å². The highest BCUT2D eigenvalue weighted by molar-refractivity contribution is 7.18. The molecule has 0 aliphatic rings. The average molecular weight is 202 g/mol. The molecule has 0 aliphatic carbocycles. The van der Waals surface area contributed by atoms with Gasteiger partial charge in [0.25, 0.3) is 0 Å². The predicted octanol–water partition coefficient (Wildman–Crippen LogP) is 3.28. The van der Waals surface area contributed by atoms with Crippen molar-refractivity contribution in [3.8, 4) is 0 Å². The summed E-state index contributed by atoms with van der Waals surface area (Å²) in [6.45, 7) is 0. The summed E-state index contributed by atoms with van der Waals surface area (Å²) in [5.41, 5.74) is 5.68. The summed E-state index contributed by atoms with van der Waals surface area (Å²) in [7, 11) is 0. The van der Waals surface area contributed by atoms with Crippen LogP contribution in [-0.2, 0) is 0 Å². The molecule has 0 saturated heterocycles. The van der Waals surface area contributed by atoms with Gasteiger partial charge in [-0.15, -0.1) is 11.3 Å². The zero-order chi connectivity index (χ0) is 8.72. The number of thiophene rings is 1. The monoisotopic (exact) mass is 201 g/mol. The van der Waals surface area contributed by atoms with Crippen molar-refractivity contribution in [2.45, 2.75) is 0 Å². The minimum absolute atomic E-state index is 0.177. The average Bonchev–Trinajstić information content (AvgIpc) is 2.48. The standard InChI is InChI=1S/C8H5ClFNS/c9-5-3-6(10)7(11)4-1-2-12-8(4)5/h1-3H,11H2. The highest BCUT2D eigenvalue weighted by Crippen LogP contribution is 2.34. The summed E-state index contributed by atoms with van der Waals surface area (Å²) in [6, 6.07) is 3.01. The Labute approximate surface area is 77.6 Å². The van der Waals surface area contributed by atoms with Crippen LogP contribution < -0.4 is 5.73 Å². The Morgan fingerprint density at radius 1 is 1.50 bits per heavy atom. The van der Waals surface area contributed by atoms with Gasteiger partial charge < -0.3 is 5.73 Å². The number of anilines is 1. The lowest BCUT2D eigenvalue weighted by Crippen LogP contribution is -1.90. The number of nitrogen functional groups attached to an aromatic ring is 1. The molecular weight excluding hydrogens is 197 g/mol. The quantitative estimate of drug-likeness (QED) is 0.651. The van der Waals surface area contributed by atoms with E-state index in [1.54, 1.807) is 6.07 Å². The van der Waals surface area contributed by atoms with Crippen molar-refractivity contribution < 1.29 is 4.39 Å². The lowest BCUT2D eigenvalue weighted by molar-refractivity contribution is 0.634. The van der Waals surface area contributed by atoms with E-state index in [1.807, 2.05) is 5.38 Å². The Hall–Kier alpha value is -0.800. The van der Waals surface area contributed by atoms with E-state index >= 15 is 0 Å². The number of hydrogen-bond donors (Lipinski definition) is 1. The Balaban J connectivity index is 2.97. The number of hydrogen-bond acceptors (Lipinski definition) is 2. The van der Waals surface area contributed by atoms with E-state index < -0.39 is 5.82 Å². The first kappa shape index (κ1) is 7.83. The molecule has 0 aliphatic heterocycles. The molecule has 12 heavy (non-hydrogen) atoms. The van der Waals surface area contributed by atoms with Crippen molar-refractivity contribution in [1.82, 2.24) is 0 Å². The van der Waals surface area contributed by atoms with Crippen LogP contribution in [0.2, 0.25) is 5.02 Å². The molecule has 1 nitrogen and oxygen atoms in total. The number of nitrogens with two attached hydrogens (primary N) is 1. The maximum absolute atomic E-state index is 13.0. The fourth-order valence-electron chi connectivity index (χ4n) is 1.09. The van der Waals surface area contributed by atoms with Gasteiger partial charge in [-0.25, -0.2) is 4.39 Å². The lowest BCUT2D eigenvalue weighted by atomic mass is 10.2. The van der Waals surface area contributed by atoms with Crippen molar-refractivity contribution in [2.75, 3.05) is 5.73 Å². The second-order valence-electron chi connectivity index (χ2n) is 2.42. The molecule has 0 saturated carbocycles. The summed E-state index contributed by atoms with van der Waals surface area (Å²) in [5.74, 6) is -0.453. The van der Waals surface area contributed by atoms with Crippen LogP contribution in [-0.4, -0.2) is 0 Å².